The van der Waals surface area contributed by atoms with Gasteiger partial charge >= 0.3 is 6.18 Å². The molecule has 0 N–H and O–H groups in total. The Bertz CT molecular complexity index is 356. The summed E-state index contributed by atoms with van der Waals surface area (Å²) in [6.07, 6.45) is -3.65. The summed E-state index contributed by atoms with van der Waals surface area (Å²) in [5.74, 6) is 0. The van der Waals surface area contributed by atoms with E-state index < -0.39 is 11.7 Å². The number of alkyl halides is 3. The Hall–Kier alpha value is -1.03. The van der Waals surface area contributed by atoms with Gasteiger partial charge in [0.05, 0.1) is 5.56 Å². The first kappa shape index (κ1) is 13.0. The first-order chi connectivity index (χ1) is 7.36. The predicted molar refractivity (Wildman–Crippen MR) is 58.2 cm³/mol. The van der Waals surface area contributed by atoms with Gasteiger partial charge in [-0.1, -0.05) is 19.1 Å². The molecule has 16 heavy (non-hydrogen) atoms. The summed E-state index contributed by atoms with van der Waals surface area (Å²) >= 11 is 0. The molecule has 0 aliphatic heterocycles. The summed E-state index contributed by atoms with van der Waals surface area (Å²) in [4.78, 5) is 1.75. The molecule has 0 aliphatic carbocycles. The van der Waals surface area contributed by atoms with Crippen LogP contribution in [-0.2, 0) is 19.1 Å². The maximum absolute atomic E-state index is 12.8. The number of hydrogen-bond donors (Lipinski definition) is 0. The third kappa shape index (κ3) is 2.98. The number of benzene rings is 1. The van der Waals surface area contributed by atoms with E-state index in [0.29, 0.717) is 18.5 Å². The molecule has 0 radical (unpaired) electrons. The highest BCUT2D eigenvalue weighted by molar-refractivity contribution is 5.37. The molecular formula is C12H16F3N. The molecule has 0 atom stereocenters. The topological polar surface area (TPSA) is 3.24 Å². The van der Waals surface area contributed by atoms with Crippen molar-refractivity contribution < 1.29 is 13.2 Å². The highest BCUT2D eigenvalue weighted by Crippen LogP contribution is 2.33. The molecule has 0 aliphatic rings. The van der Waals surface area contributed by atoms with Gasteiger partial charge in [-0.15, -0.1) is 0 Å². The van der Waals surface area contributed by atoms with E-state index in [1.54, 1.807) is 25.1 Å². The van der Waals surface area contributed by atoms with E-state index in [9.17, 15) is 13.2 Å². The van der Waals surface area contributed by atoms with Crippen LogP contribution >= 0.6 is 0 Å². The zero-order chi connectivity index (χ0) is 12.3. The van der Waals surface area contributed by atoms with Crippen molar-refractivity contribution in [3.63, 3.8) is 0 Å². The van der Waals surface area contributed by atoms with E-state index in [1.807, 2.05) is 6.92 Å². The quantitative estimate of drug-likeness (QED) is 0.771. The van der Waals surface area contributed by atoms with Crippen LogP contribution in [0.1, 0.15) is 23.6 Å². The Kier molecular flexibility index (Phi) is 3.97. The lowest BCUT2D eigenvalue weighted by Gasteiger charge is -2.19. The fourth-order valence-electron chi connectivity index (χ4n) is 1.73. The fraction of sp³-hybridized carbons (Fsp3) is 0.500. The minimum atomic E-state index is -4.27. The van der Waals surface area contributed by atoms with Gasteiger partial charge in [-0.05, 0) is 37.7 Å². The van der Waals surface area contributed by atoms with Crippen molar-refractivity contribution in [3.05, 3.63) is 34.9 Å². The zero-order valence-electron chi connectivity index (χ0n) is 9.73. The third-order valence-electron chi connectivity index (χ3n) is 2.43. The maximum Gasteiger partial charge on any atom is 0.416 e. The van der Waals surface area contributed by atoms with E-state index in [2.05, 4.69) is 0 Å². The first-order valence-electron chi connectivity index (χ1n) is 5.19. The summed E-state index contributed by atoms with van der Waals surface area (Å²) in [7, 11) is 3.54. The molecule has 0 saturated heterocycles. The van der Waals surface area contributed by atoms with Gasteiger partial charge < -0.3 is 4.90 Å². The molecule has 0 saturated carbocycles. The van der Waals surface area contributed by atoms with Crippen LogP contribution in [0, 0.1) is 0 Å². The third-order valence-corrected chi connectivity index (χ3v) is 2.43. The van der Waals surface area contributed by atoms with Crippen molar-refractivity contribution in [2.75, 3.05) is 14.1 Å². The highest BCUT2D eigenvalue weighted by atomic mass is 19.4. The Morgan fingerprint density at radius 3 is 2.25 bits per heavy atom. The van der Waals surface area contributed by atoms with E-state index in [-0.39, 0.29) is 0 Å². The molecule has 0 fully saturated rings. The zero-order valence-corrected chi connectivity index (χ0v) is 9.73. The Labute approximate surface area is 93.9 Å². The van der Waals surface area contributed by atoms with E-state index in [4.69, 9.17) is 0 Å². The molecule has 1 rings (SSSR count). The van der Waals surface area contributed by atoms with Crippen LogP contribution in [0.15, 0.2) is 18.2 Å². The number of aryl methyl sites for hydroxylation is 1. The van der Waals surface area contributed by atoms with Crippen molar-refractivity contribution in [3.8, 4) is 0 Å². The second kappa shape index (κ2) is 4.87. The average Bonchev–Trinajstić information content (AvgIpc) is 2.15. The SMILES string of the molecule is CCc1cccc(C(F)(F)F)c1CN(C)C. The molecule has 90 valence electrons. The largest absolute Gasteiger partial charge is 0.416 e. The molecule has 4 heteroatoms. The minimum absolute atomic E-state index is 0.318. The van der Waals surface area contributed by atoms with E-state index in [0.717, 1.165) is 11.6 Å². The predicted octanol–water partition coefficient (Wildman–Crippen LogP) is 3.33. The number of halogens is 3. The number of nitrogens with zero attached hydrogens (tertiary/aromatic N) is 1. The molecular weight excluding hydrogens is 215 g/mol. The van der Waals surface area contributed by atoms with E-state index in [1.165, 1.54) is 6.07 Å². The lowest BCUT2D eigenvalue weighted by atomic mass is 9.98. The van der Waals surface area contributed by atoms with Crippen LogP contribution < -0.4 is 0 Å². The Morgan fingerprint density at radius 1 is 1.19 bits per heavy atom. The van der Waals surface area contributed by atoms with Crippen LogP contribution in [0.4, 0.5) is 13.2 Å². The molecule has 0 spiro atoms. The number of hydrogen-bond acceptors (Lipinski definition) is 1. The summed E-state index contributed by atoms with van der Waals surface area (Å²) in [5.41, 5.74) is 0.645. The van der Waals surface area contributed by atoms with E-state index >= 15 is 0 Å². The molecule has 0 aromatic heterocycles. The maximum atomic E-state index is 12.8. The van der Waals surface area contributed by atoms with Crippen LogP contribution in [0.25, 0.3) is 0 Å². The van der Waals surface area contributed by atoms with Gasteiger partial charge in [0.2, 0.25) is 0 Å². The van der Waals surface area contributed by atoms with Gasteiger partial charge in [0.1, 0.15) is 0 Å². The van der Waals surface area contributed by atoms with Gasteiger partial charge in [0, 0.05) is 6.54 Å². The Balaban J connectivity index is 3.26. The van der Waals surface area contributed by atoms with Crippen molar-refractivity contribution in [2.45, 2.75) is 26.1 Å². The fourth-order valence-corrected chi connectivity index (χ4v) is 1.73. The smallest absolute Gasteiger partial charge is 0.305 e. The Morgan fingerprint density at radius 2 is 1.81 bits per heavy atom. The standard InChI is InChI=1S/C12H16F3N/c1-4-9-6-5-7-11(12(13,14)15)10(9)8-16(2)3/h5-7H,4,8H2,1-3H3. The molecule has 1 aromatic rings. The normalized spacial score (nSPS) is 12.2. The molecule has 0 bridgehead atoms. The van der Waals surface area contributed by atoms with Crippen LogP contribution in [-0.4, -0.2) is 19.0 Å². The van der Waals surface area contributed by atoms with Crippen LogP contribution in [0.3, 0.4) is 0 Å². The molecule has 1 aromatic carbocycles. The van der Waals surface area contributed by atoms with Crippen molar-refractivity contribution >= 4 is 0 Å². The monoisotopic (exact) mass is 231 g/mol. The van der Waals surface area contributed by atoms with Gasteiger partial charge in [0.25, 0.3) is 0 Å². The van der Waals surface area contributed by atoms with Gasteiger partial charge in [-0.2, -0.15) is 13.2 Å². The highest BCUT2D eigenvalue weighted by Gasteiger charge is 2.33. The summed E-state index contributed by atoms with van der Waals surface area (Å²) < 4.78 is 38.4. The van der Waals surface area contributed by atoms with Gasteiger partial charge in [-0.3, -0.25) is 0 Å². The lowest BCUT2D eigenvalue weighted by Crippen LogP contribution is -2.18. The van der Waals surface area contributed by atoms with Gasteiger partial charge in [-0.25, -0.2) is 0 Å². The molecule has 1 nitrogen and oxygen atoms in total. The van der Waals surface area contributed by atoms with Crippen LogP contribution in [0.2, 0.25) is 0 Å². The van der Waals surface area contributed by atoms with Gasteiger partial charge in [0.15, 0.2) is 0 Å². The van der Waals surface area contributed by atoms with Crippen LogP contribution in [0.5, 0.6) is 0 Å². The summed E-state index contributed by atoms with van der Waals surface area (Å²) in [5, 5.41) is 0. The average molecular weight is 231 g/mol. The second-order valence-corrected chi connectivity index (χ2v) is 4.03. The summed E-state index contributed by atoms with van der Waals surface area (Å²) in [6.45, 7) is 2.19. The molecule has 0 unspecified atom stereocenters. The molecule has 0 amide bonds. The van der Waals surface area contributed by atoms with Crippen molar-refractivity contribution in [1.29, 1.82) is 0 Å². The second-order valence-electron chi connectivity index (χ2n) is 4.03. The van der Waals surface area contributed by atoms with Crippen molar-refractivity contribution in [1.82, 2.24) is 4.90 Å². The lowest BCUT2D eigenvalue weighted by molar-refractivity contribution is -0.138. The molecule has 0 heterocycles. The minimum Gasteiger partial charge on any atom is -0.305 e. The summed E-state index contributed by atoms with van der Waals surface area (Å²) in [6, 6.07) is 4.38. The number of rotatable bonds is 3. The van der Waals surface area contributed by atoms with Crippen molar-refractivity contribution in [2.24, 2.45) is 0 Å². The first-order valence-corrected chi connectivity index (χ1v) is 5.19.